The Balaban J connectivity index is 2.75. The van der Waals surface area contributed by atoms with E-state index >= 15 is 0 Å². The molecule has 0 fully saturated rings. The first kappa shape index (κ1) is 11.6. The minimum atomic E-state index is -0.972. The summed E-state index contributed by atoms with van der Waals surface area (Å²) in [5, 5.41) is 9.03. The van der Waals surface area contributed by atoms with Gasteiger partial charge in [-0.05, 0) is 18.4 Å². The average molecular weight is 212 g/mol. The summed E-state index contributed by atoms with van der Waals surface area (Å²) in [6.45, 7) is 4.15. The van der Waals surface area contributed by atoms with Crippen molar-refractivity contribution in [2.75, 3.05) is 6.54 Å². The SMILES string of the molecule is CC(C)CC(C(=O)O)N1CC=C(N)C1=O. The average Bonchev–Trinajstić information content (AvgIpc) is 2.44. The molecule has 84 valence electrons. The van der Waals surface area contributed by atoms with Crippen LogP contribution < -0.4 is 5.73 Å². The van der Waals surface area contributed by atoms with E-state index in [1.165, 1.54) is 4.90 Å². The minimum Gasteiger partial charge on any atom is -0.480 e. The smallest absolute Gasteiger partial charge is 0.326 e. The van der Waals surface area contributed by atoms with Crippen LogP contribution in [0.5, 0.6) is 0 Å². The van der Waals surface area contributed by atoms with Gasteiger partial charge in [0.05, 0.1) is 5.70 Å². The zero-order valence-electron chi connectivity index (χ0n) is 8.93. The molecule has 3 N–H and O–H groups in total. The molecule has 5 heteroatoms. The normalized spacial score (nSPS) is 18.2. The third-order valence-electron chi connectivity index (χ3n) is 2.37. The van der Waals surface area contributed by atoms with Crippen LogP contribution in [-0.2, 0) is 9.59 Å². The topological polar surface area (TPSA) is 83.6 Å². The molecule has 0 bridgehead atoms. The Labute approximate surface area is 88.5 Å². The van der Waals surface area contributed by atoms with E-state index in [2.05, 4.69) is 0 Å². The summed E-state index contributed by atoms with van der Waals surface area (Å²) in [5.41, 5.74) is 5.56. The molecule has 1 unspecified atom stereocenters. The quantitative estimate of drug-likeness (QED) is 0.695. The number of carbonyl (C=O) groups is 2. The Morgan fingerprint density at radius 2 is 2.27 bits per heavy atom. The highest BCUT2D eigenvalue weighted by atomic mass is 16.4. The van der Waals surface area contributed by atoms with Crippen molar-refractivity contribution in [3.8, 4) is 0 Å². The summed E-state index contributed by atoms with van der Waals surface area (Å²) >= 11 is 0. The standard InChI is InChI=1S/C10H16N2O3/c1-6(2)5-8(10(14)15)12-4-3-7(11)9(12)13/h3,6,8H,4-5,11H2,1-2H3,(H,14,15). The van der Waals surface area contributed by atoms with Crippen LogP contribution >= 0.6 is 0 Å². The maximum Gasteiger partial charge on any atom is 0.326 e. The van der Waals surface area contributed by atoms with Gasteiger partial charge < -0.3 is 15.7 Å². The van der Waals surface area contributed by atoms with Crippen molar-refractivity contribution in [3.63, 3.8) is 0 Å². The van der Waals surface area contributed by atoms with Crippen LogP contribution in [0.2, 0.25) is 0 Å². The lowest BCUT2D eigenvalue weighted by molar-refractivity contribution is -0.148. The number of rotatable bonds is 4. The molecule has 1 aliphatic heterocycles. The van der Waals surface area contributed by atoms with Gasteiger partial charge in [0.25, 0.3) is 5.91 Å². The van der Waals surface area contributed by atoms with Crippen molar-refractivity contribution < 1.29 is 14.7 Å². The van der Waals surface area contributed by atoms with Crippen molar-refractivity contribution in [1.29, 1.82) is 0 Å². The van der Waals surface area contributed by atoms with Gasteiger partial charge in [-0.1, -0.05) is 13.8 Å². The van der Waals surface area contributed by atoms with Crippen LogP contribution in [0.1, 0.15) is 20.3 Å². The molecule has 1 amide bonds. The van der Waals surface area contributed by atoms with Gasteiger partial charge in [-0.2, -0.15) is 0 Å². The van der Waals surface area contributed by atoms with E-state index in [-0.39, 0.29) is 17.5 Å². The fourth-order valence-electron chi connectivity index (χ4n) is 1.61. The Morgan fingerprint density at radius 3 is 2.60 bits per heavy atom. The highest BCUT2D eigenvalue weighted by molar-refractivity contribution is 5.97. The maximum absolute atomic E-state index is 11.5. The first-order valence-electron chi connectivity index (χ1n) is 4.93. The molecule has 15 heavy (non-hydrogen) atoms. The number of amides is 1. The number of carbonyl (C=O) groups excluding carboxylic acids is 1. The van der Waals surface area contributed by atoms with Gasteiger partial charge >= 0.3 is 5.97 Å². The Kier molecular flexibility index (Phi) is 3.34. The van der Waals surface area contributed by atoms with Crippen molar-refractivity contribution in [2.24, 2.45) is 11.7 Å². The second-order valence-corrected chi connectivity index (χ2v) is 4.10. The number of carboxylic acid groups (broad SMARTS) is 1. The second-order valence-electron chi connectivity index (χ2n) is 4.10. The zero-order chi connectivity index (χ0) is 11.6. The highest BCUT2D eigenvalue weighted by Crippen LogP contribution is 2.17. The van der Waals surface area contributed by atoms with E-state index in [0.29, 0.717) is 13.0 Å². The molecule has 0 saturated carbocycles. The van der Waals surface area contributed by atoms with E-state index in [0.717, 1.165) is 0 Å². The second kappa shape index (κ2) is 4.33. The molecule has 1 atom stereocenters. The number of nitrogens with zero attached hydrogens (tertiary/aromatic N) is 1. The summed E-state index contributed by atoms with van der Waals surface area (Å²) in [6, 6.07) is -0.769. The number of aliphatic carboxylic acids is 1. The van der Waals surface area contributed by atoms with Gasteiger partial charge in [0.15, 0.2) is 0 Å². The maximum atomic E-state index is 11.5. The summed E-state index contributed by atoms with van der Waals surface area (Å²) < 4.78 is 0. The molecule has 0 aromatic heterocycles. The molecule has 1 aliphatic rings. The summed E-state index contributed by atoms with van der Waals surface area (Å²) in [7, 11) is 0. The number of nitrogens with two attached hydrogens (primary N) is 1. The molecule has 1 heterocycles. The first-order valence-corrected chi connectivity index (χ1v) is 4.93. The molecule has 0 aliphatic carbocycles. The highest BCUT2D eigenvalue weighted by Gasteiger charge is 2.33. The molecule has 1 rings (SSSR count). The van der Waals surface area contributed by atoms with Gasteiger partial charge in [-0.25, -0.2) is 4.79 Å². The van der Waals surface area contributed by atoms with Crippen molar-refractivity contribution in [3.05, 3.63) is 11.8 Å². The fourth-order valence-corrected chi connectivity index (χ4v) is 1.61. The number of hydrogen-bond acceptors (Lipinski definition) is 3. The predicted molar refractivity (Wildman–Crippen MR) is 54.9 cm³/mol. The molecular weight excluding hydrogens is 196 g/mol. The van der Waals surface area contributed by atoms with E-state index in [9.17, 15) is 9.59 Å². The molecular formula is C10H16N2O3. The first-order chi connectivity index (χ1) is 6.93. The Morgan fingerprint density at radius 1 is 1.67 bits per heavy atom. The molecule has 0 aromatic rings. The summed E-state index contributed by atoms with van der Waals surface area (Å²) in [4.78, 5) is 23.8. The lowest BCUT2D eigenvalue weighted by Gasteiger charge is -2.25. The zero-order valence-corrected chi connectivity index (χ0v) is 8.93. The molecule has 0 aromatic carbocycles. The number of hydrogen-bond donors (Lipinski definition) is 2. The third kappa shape index (κ3) is 2.49. The van der Waals surface area contributed by atoms with Crippen LogP contribution in [0.15, 0.2) is 11.8 Å². The van der Waals surface area contributed by atoms with E-state index in [4.69, 9.17) is 10.8 Å². The lowest BCUT2D eigenvalue weighted by atomic mass is 10.0. The van der Waals surface area contributed by atoms with Gasteiger partial charge in [0, 0.05) is 6.54 Å². The Hall–Kier alpha value is -1.52. The third-order valence-corrected chi connectivity index (χ3v) is 2.37. The van der Waals surface area contributed by atoms with Crippen LogP contribution in [0.4, 0.5) is 0 Å². The van der Waals surface area contributed by atoms with Gasteiger partial charge in [0.1, 0.15) is 6.04 Å². The van der Waals surface area contributed by atoms with Gasteiger partial charge in [-0.15, -0.1) is 0 Å². The lowest BCUT2D eigenvalue weighted by Crippen LogP contribution is -2.44. The van der Waals surface area contributed by atoms with Crippen molar-refractivity contribution >= 4 is 11.9 Å². The Bertz CT molecular complexity index is 310. The van der Waals surface area contributed by atoms with Crippen molar-refractivity contribution in [1.82, 2.24) is 4.90 Å². The van der Waals surface area contributed by atoms with Crippen LogP contribution in [0, 0.1) is 5.92 Å². The molecule has 5 nitrogen and oxygen atoms in total. The summed E-state index contributed by atoms with van der Waals surface area (Å²) in [5.74, 6) is -1.12. The molecule has 0 saturated heterocycles. The van der Waals surface area contributed by atoms with Crippen LogP contribution in [0.3, 0.4) is 0 Å². The van der Waals surface area contributed by atoms with Gasteiger partial charge in [-0.3, -0.25) is 4.79 Å². The number of carboxylic acids is 1. The fraction of sp³-hybridized carbons (Fsp3) is 0.600. The minimum absolute atomic E-state index is 0.144. The van der Waals surface area contributed by atoms with Crippen molar-refractivity contribution in [2.45, 2.75) is 26.3 Å². The van der Waals surface area contributed by atoms with E-state index < -0.39 is 12.0 Å². The largest absolute Gasteiger partial charge is 0.480 e. The summed E-state index contributed by atoms with van der Waals surface area (Å²) in [6.07, 6.45) is 2.00. The van der Waals surface area contributed by atoms with Crippen LogP contribution in [0.25, 0.3) is 0 Å². The van der Waals surface area contributed by atoms with E-state index in [1.807, 2.05) is 13.8 Å². The molecule has 0 radical (unpaired) electrons. The predicted octanol–water partition coefficient (Wildman–Crippen LogP) is 0.170. The van der Waals surface area contributed by atoms with Gasteiger partial charge in [0.2, 0.25) is 0 Å². The van der Waals surface area contributed by atoms with Crippen LogP contribution in [-0.4, -0.2) is 34.5 Å². The monoisotopic (exact) mass is 212 g/mol. The van der Waals surface area contributed by atoms with E-state index in [1.54, 1.807) is 6.08 Å². The molecule has 0 spiro atoms.